The molecule has 6 nitrogen and oxygen atoms in total. The third kappa shape index (κ3) is 4.38. The van der Waals surface area contributed by atoms with Crippen molar-refractivity contribution in [1.29, 1.82) is 0 Å². The van der Waals surface area contributed by atoms with Crippen molar-refractivity contribution in [2.45, 2.75) is 34.6 Å². The second-order valence-corrected chi connectivity index (χ2v) is 8.73. The van der Waals surface area contributed by atoms with Gasteiger partial charge < -0.3 is 4.74 Å². The molecule has 2 aromatic carbocycles. The van der Waals surface area contributed by atoms with Gasteiger partial charge in [-0.2, -0.15) is 0 Å². The minimum Gasteiger partial charge on any atom is -0.402 e. The maximum atomic E-state index is 12.4. The second kappa shape index (κ2) is 8.51. The van der Waals surface area contributed by atoms with Crippen molar-refractivity contribution in [2.75, 3.05) is 4.90 Å². The standard InChI is InChI=1S/C25H23N3O3S/c1-14-8-15(2)10-19(9-14)23-27-22(24(30)31-23)12-20-13-32-25(26-20)28(18(5)29)21-7-6-16(3)17(4)11-21/h6-13H,1-5H3. The normalized spacial score (nSPS) is 14.5. The molecule has 7 heteroatoms. The summed E-state index contributed by atoms with van der Waals surface area (Å²) in [5, 5.41) is 2.31. The summed E-state index contributed by atoms with van der Waals surface area (Å²) in [5.74, 6) is -0.382. The fourth-order valence-corrected chi connectivity index (χ4v) is 4.35. The number of benzene rings is 2. The number of aliphatic imine (C=N–C) groups is 1. The first-order valence-corrected chi connectivity index (χ1v) is 11.0. The first kappa shape index (κ1) is 21.6. The van der Waals surface area contributed by atoms with Gasteiger partial charge in [-0.3, -0.25) is 9.69 Å². The van der Waals surface area contributed by atoms with Crippen molar-refractivity contribution in [1.82, 2.24) is 4.98 Å². The third-order valence-electron chi connectivity index (χ3n) is 5.14. The zero-order chi connectivity index (χ0) is 23.0. The Kier molecular flexibility index (Phi) is 5.76. The number of ether oxygens (including phenoxy) is 1. The van der Waals surface area contributed by atoms with Crippen molar-refractivity contribution in [3.05, 3.63) is 81.0 Å². The predicted octanol–water partition coefficient (Wildman–Crippen LogP) is 5.41. The smallest absolute Gasteiger partial charge is 0.363 e. The van der Waals surface area contributed by atoms with Crippen LogP contribution in [0.4, 0.5) is 10.8 Å². The summed E-state index contributed by atoms with van der Waals surface area (Å²) in [7, 11) is 0. The largest absolute Gasteiger partial charge is 0.402 e. The Hall–Kier alpha value is -3.58. The molecule has 1 aromatic heterocycles. The first-order valence-electron chi connectivity index (χ1n) is 10.2. The van der Waals surface area contributed by atoms with Crippen molar-refractivity contribution >= 4 is 46.0 Å². The van der Waals surface area contributed by atoms with E-state index in [1.807, 2.05) is 64.1 Å². The van der Waals surface area contributed by atoms with Crippen LogP contribution < -0.4 is 4.90 Å². The van der Waals surface area contributed by atoms with E-state index in [2.05, 4.69) is 9.98 Å². The van der Waals surface area contributed by atoms with Crippen LogP contribution in [0.1, 0.15) is 40.4 Å². The molecule has 1 aliphatic rings. The molecular formula is C25H23N3O3S. The van der Waals surface area contributed by atoms with E-state index in [4.69, 9.17) is 4.74 Å². The Balaban J connectivity index is 1.65. The van der Waals surface area contributed by atoms with Crippen LogP contribution in [-0.4, -0.2) is 22.8 Å². The van der Waals surface area contributed by atoms with Crippen molar-refractivity contribution in [2.24, 2.45) is 4.99 Å². The second-order valence-electron chi connectivity index (χ2n) is 7.89. The third-order valence-corrected chi connectivity index (χ3v) is 5.98. The Morgan fingerprint density at radius 1 is 1.03 bits per heavy atom. The number of thiazole rings is 1. The molecule has 0 atom stereocenters. The molecule has 0 aliphatic carbocycles. The topological polar surface area (TPSA) is 71.9 Å². The fraction of sp³-hybridized carbons (Fsp3) is 0.200. The molecule has 0 radical (unpaired) electrons. The average Bonchev–Trinajstić information content (AvgIpc) is 3.31. The predicted molar refractivity (Wildman–Crippen MR) is 127 cm³/mol. The maximum Gasteiger partial charge on any atom is 0.363 e. The molecule has 1 amide bonds. The van der Waals surface area contributed by atoms with Crippen LogP contribution in [0.25, 0.3) is 6.08 Å². The van der Waals surface area contributed by atoms with E-state index in [0.29, 0.717) is 10.8 Å². The van der Waals surface area contributed by atoms with Crippen LogP contribution in [0.5, 0.6) is 0 Å². The van der Waals surface area contributed by atoms with Gasteiger partial charge in [-0.15, -0.1) is 11.3 Å². The number of hydrogen-bond acceptors (Lipinski definition) is 6. The summed E-state index contributed by atoms with van der Waals surface area (Å²) in [6.07, 6.45) is 1.58. The van der Waals surface area contributed by atoms with E-state index in [0.717, 1.165) is 33.5 Å². The Morgan fingerprint density at radius 2 is 1.75 bits per heavy atom. The molecule has 162 valence electrons. The number of aryl methyl sites for hydroxylation is 4. The molecule has 0 N–H and O–H groups in total. The number of carbonyl (C=O) groups is 2. The van der Waals surface area contributed by atoms with E-state index in [1.165, 1.54) is 18.3 Å². The lowest BCUT2D eigenvalue weighted by Gasteiger charge is -2.19. The Bertz CT molecular complexity index is 1280. The fourth-order valence-electron chi connectivity index (χ4n) is 3.51. The molecular weight excluding hydrogens is 422 g/mol. The molecule has 0 saturated heterocycles. The maximum absolute atomic E-state index is 12.4. The molecule has 0 bridgehead atoms. The molecule has 0 unspecified atom stereocenters. The molecule has 32 heavy (non-hydrogen) atoms. The van der Waals surface area contributed by atoms with Crippen LogP contribution in [0.15, 0.2) is 52.5 Å². The SMILES string of the molecule is CC(=O)N(c1ccc(C)c(C)c1)c1nc(C=C2N=C(c3cc(C)cc(C)c3)OC2=O)cs1. The van der Waals surface area contributed by atoms with E-state index in [1.54, 1.807) is 16.4 Å². The molecule has 1 aliphatic heterocycles. The summed E-state index contributed by atoms with van der Waals surface area (Å²) in [6.45, 7) is 9.50. The van der Waals surface area contributed by atoms with Crippen LogP contribution in [0, 0.1) is 27.7 Å². The summed E-state index contributed by atoms with van der Waals surface area (Å²) in [4.78, 5) is 35.3. The van der Waals surface area contributed by atoms with Crippen LogP contribution in [0.2, 0.25) is 0 Å². The van der Waals surface area contributed by atoms with E-state index in [-0.39, 0.29) is 17.5 Å². The summed E-state index contributed by atoms with van der Waals surface area (Å²) in [5.41, 5.74) is 6.61. The number of rotatable bonds is 4. The van der Waals surface area contributed by atoms with Crippen LogP contribution >= 0.6 is 11.3 Å². The molecule has 0 saturated carbocycles. The average molecular weight is 446 g/mol. The zero-order valence-electron chi connectivity index (χ0n) is 18.6. The van der Waals surface area contributed by atoms with Gasteiger partial charge in [0.1, 0.15) is 0 Å². The molecule has 2 heterocycles. The Labute approximate surface area is 190 Å². The van der Waals surface area contributed by atoms with E-state index >= 15 is 0 Å². The van der Waals surface area contributed by atoms with Gasteiger partial charge >= 0.3 is 5.97 Å². The molecule has 4 rings (SSSR count). The Morgan fingerprint density at radius 3 is 2.41 bits per heavy atom. The highest BCUT2D eigenvalue weighted by atomic mass is 32.1. The minimum atomic E-state index is -0.522. The van der Waals surface area contributed by atoms with Gasteiger partial charge in [0.15, 0.2) is 10.8 Å². The van der Waals surface area contributed by atoms with E-state index in [9.17, 15) is 9.59 Å². The summed E-state index contributed by atoms with van der Waals surface area (Å²) < 4.78 is 5.38. The van der Waals surface area contributed by atoms with Gasteiger partial charge in [-0.1, -0.05) is 23.3 Å². The van der Waals surface area contributed by atoms with Crippen molar-refractivity contribution < 1.29 is 14.3 Å². The molecule has 0 fully saturated rings. The van der Waals surface area contributed by atoms with Crippen molar-refractivity contribution in [3.63, 3.8) is 0 Å². The number of carbonyl (C=O) groups excluding carboxylic acids is 2. The van der Waals surface area contributed by atoms with Gasteiger partial charge in [0.05, 0.1) is 11.4 Å². The zero-order valence-corrected chi connectivity index (χ0v) is 19.4. The van der Waals surface area contributed by atoms with Crippen LogP contribution in [-0.2, 0) is 14.3 Å². The molecule has 3 aromatic rings. The number of amides is 1. The summed E-state index contributed by atoms with van der Waals surface area (Å²) in [6, 6.07) is 11.7. The number of hydrogen-bond donors (Lipinski definition) is 0. The van der Waals surface area contributed by atoms with Crippen LogP contribution in [0.3, 0.4) is 0 Å². The highest BCUT2D eigenvalue weighted by molar-refractivity contribution is 7.14. The number of cyclic esters (lactones) is 1. The van der Waals surface area contributed by atoms with Gasteiger partial charge in [0.2, 0.25) is 11.8 Å². The molecule has 0 spiro atoms. The van der Waals surface area contributed by atoms with E-state index < -0.39 is 5.97 Å². The lowest BCUT2D eigenvalue weighted by molar-refractivity contribution is -0.130. The first-order chi connectivity index (χ1) is 15.2. The number of nitrogens with zero attached hydrogens (tertiary/aromatic N) is 3. The minimum absolute atomic E-state index is 0.141. The monoisotopic (exact) mass is 445 g/mol. The lowest BCUT2D eigenvalue weighted by atomic mass is 10.1. The number of aromatic nitrogens is 1. The summed E-state index contributed by atoms with van der Waals surface area (Å²) >= 11 is 1.33. The van der Waals surface area contributed by atoms with Gasteiger partial charge in [-0.25, -0.2) is 14.8 Å². The van der Waals surface area contributed by atoms with Gasteiger partial charge in [-0.05, 0) is 69.2 Å². The van der Waals surface area contributed by atoms with Crippen molar-refractivity contribution in [3.8, 4) is 0 Å². The van der Waals surface area contributed by atoms with Gasteiger partial charge in [0.25, 0.3) is 0 Å². The lowest BCUT2D eigenvalue weighted by Crippen LogP contribution is -2.22. The number of anilines is 2. The van der Waals surface area contributed by atoms with Gasteiger partial charge in [0, 0.05) is 17.9 Å². The highest BCUT2D eigenvalue weighted by Crippen LogP contribution is 2.31. The number of esters is 1. The quantitative estimate of drug-likeness (QED) is 0.398. The highest BCUT2D eigenvalue weighted by Gasteiger charge is 2.25.